The first kappa shape index (κ1) is 8.61. The van der Waals surface area contributed by atoms with Gasteiger partial charge in [-0.1, -0.05) is 0 Å². The van der Waals surface area contributed by atoms with Gasteiger partial charge in [0, 0.05) is 7.05 Å². The maximum atomic E-state index is 9.80. The van der Waals surface area contributed by atoms with Crippen LogP contribution >= 0.6 is 0 Å². The maximum absolute atomic E-state index is 9.80. The summed E-state index contributed by atoms with van der Waals surface area (Å²) in [5.41, 5.74) is 4.79. The fraction of sp³-hybridized carbons (Fsp3) is 0.714. The predicted molar refractivity (Wildman–Crippen MR) is 43.7 cm³/mol. The molecule has 2 rings (SSSR count). The second-order valence-electron chi connectivity index (χ2n) is 3.35. The van der Waals surface area contributed by atoms with Crippen molar-refractivity contribution in [3.8, 4) is 0 Å². The molecule has 0 bridgehead atoms. The lowest BCUT2D eigenvalue weighted by Gasteiger charge is -2.39. The van der Waals surface area contributed by atoms with E-state index in [1.807, 2.05) is 0 Å². The molecule has 1 saturated heterocycles. The van der Waals surface area contributed by atoms with E-state index in [1.54, 1.807) is 18.1 Å². The van der Waals surface area contributed by atoms with Crippen LogP contribution in [0.15, 0.2) is 6.33 Å². The highest BCUT2D eigenvalue weighted by atomic mass is 16.5. The molecule has 1 aromatic heterocycles. The van der Waals surface area contributed by atoms with Gasteiger partial charge in [0.2, 0.25) is 0 Å². The van der Waals surface area contributed by atoms with Crippen molar-refractivity contribution < 1.29 is 9.84 Å². The number of nitrogens with two attached hydrogens (primary N) is 1. The minimum absolute atomic E-state index is 0.256. The monoisotopic (exact) mass is 184 g/mol. The third kappa shape index (κ3) is 1.32. The van der Waals surface area contributed by atoms with E-state index in [-0.39, 0.29) is 13.2 Å². The van der Waals surface area contributed by atoms with E-state index in [2.05, 4.69) is 10.1 Å². The van der Waals surface area contributed by atoms with Gasteiger partial charge in [0.05, 0.1) is 13.2 Å². The molecule has 3 N–H and O–H groups in total. The van der Waals surface area contributed by atoms with Gasteiger partial charge in [-0.15, -0.1) is 0 Å². The highest BCUT2D eigenvalue weighted by Crippen LogP contribution is 2.28. The molecule has 0 radical (unpaired) electrons. The van der Waals surface area contributed by atoms with Crippen LogP contribution in [0.5, 0.6) is 0 Å². The van der Waals surface area contributed by atoms with Crippen LogP contribution in [-0.4, -0.2) is 38.7 Å². The van der Waals surface area contributed by atoms with Crippen LogP contribution in [0.2, 0.25) is 0 Å². The zero-order chi connectivity index (χ0) is 9.47. The predicted octanol–water partition coefficient (Wildman–Crippen LogP) is -1.42. The lowest BCUT2D eigenvalue weighted by molar-refractivity contribution is -0.191. The van der Waals surface area contributed by atoms with Gasteiger partial charge in [0.1, 0.15) is 18.0 Å². The van der Waals surface area contributed by atoms with Crippen LogP contribution in [0.25, 0.3) is 0 Å². The van der Waals surface area contributed by atoms with Gasteiger partial charge in [0.25, 0.3) is 0 Å². The molecule has 0 aliphatic carbocycles. The largest absolute Gasteiger partial charge is 0.383 e. The summed E-state index contributed by atoms with van der Waals surface area (Å²) in [7, 11) is 1.75. The maximum Gasteiger partial charge on any atom is 0.170 e. The van der Waals surface area contributed by atoms with E-state index in [1.165, 1.54) is 0 Å². The smallest absolute Gasteiger partial charge is 0.170 e. The average Bonchev–Trinajstić information content (AvgIpc) is 2.46. The van der Waals surface area contributed by atoms with Crippen LogP contribution < -0.4 is 5.73 Å². The Morgan fingerprint density at radius 3 is 2.85 bits per heavy atom. The second kappa shape index (κ2) is 2.76. The third-order valence-corrected chi connectivity index (χ3v) is 2.18. The first-order chi connectivity index (χ1) is 6.12. The third-order valence-electron chi connectivity index (χ3n) is 2.18. The Hall–Kier alpha value is -0.980. The molecule has 6 nitrogen and oxygen atoms in total. The van der Waals surface area contributed by atoms with E-state index in [4.69, 9.17) is 10.5 Å². The molecule has 1 fully saturated rings. The van der Waals surface area contributed by atoms with E-state index in [0.29, 0.717) is 5.82 Å². The molecule has 0 amide bonds. The number of aromatic nitrogens is 3. The van der Waals surface area contributed by atoms with Crippen molar-refractivity contribution >= 4 is 0 Å². The fourth-order valence-corrected chi connectivity index (χ4v) is 1.23. The summed E-state index contributed by atoms with van der Waals surface area (Å²) in [5.74, 6) is 0.452. The Morgan fingerprint density at radius 2 is 2.46 bits per heavy atom. The minimum atomic E-state index is -0.985. The Balaban J connectivity index is 2.17. The van der Waals surface area contributed by atoms with Gasteiger partial charge in [-0.05, 0) is 0 Å². The molecule has 0 spiro atoms. The summed E-state index contributed by atoms with van der Waals surface area (Å²) < 4.78 is 6.45. The molecule has 2 heterocycles. The van der Waals surface area contributed by atoms with Crippen molar-refractivity contribution in [3.63, 3.8) is 0 Å². The summed E-state index contributed by atoms with van der Waals surface area (Å²) in [4.78, 5) is 3.98. The van der Waals surface area contributed by atoms with Crippen molar-refractivity contribution in [2.45, 2.75) is 11.6 Å². The molecular weight excluding hydrogens is 172 g/mol. The van der Waals surface area contributed by atoms with Gasteiger partial charge in [-0.25, -0.2) is 4.98 Å². The van der Waals surface area contributed by atoms with Crippen LogP contribution in [0.4, 0.5) is 0 Å². The molecule has 1 aliphatic rings. The standard InChI is InChI=1S/C7H12N4O2/c1-11-4-9-6(10-11)5(8)7(12)2-13-3-7/h4-5,12H,2-3,8H2,1H3. The van der Waals surface area contributed by atoms with E-state index >= 15 is 0 Å². The Bertz CT molecular complexity index is 307. The number of nitrogens with zero attached hydrogens (tertiary/aromatic N) is 3. The molecule has 1 unspecified atom stereocenters. The van der Waals surface area contributed by atoms with Crippen LogP contribution in [-0.2, 0) is 11.8 Å². The van der Waals surface area contributed by atoms with Crippen molar-refractivity contribution in [1.29, 1.82) is 0 Å². The SMILES string of the molecule is Cn1cnc(C(N)C2(O)COC2)n1. The first-order valence-corrected chi connectivity index (χ1v) is 4.03. The number of aryl methyl sites for hydroxylation is 1. The zero-order valence-electron chi connectivity index (χ0n) is 7.34. The van der Waals surface area contributed by atoms with Crippen LogP contribution in [0.3, 0.4) is 0 Å². The lowest BCUT2D eigenvalue weighted by Crippen LogP contribution is -2.57. The summed E-state index contributed by atoms with van der Waals surface area (Å²) >= 11 is 0. The van der Waals surface area contributed by atoms with Crippen molar-refractivity contribution in [2.24, 2.45) is 12.8 Å². The van der Waals surface area contributed by atoms with E-state index in [0.717, 1.165) is 0 Å². The van der Waals surface area contributed by atoms with Gasteiger partial charge in [0.15, 0.2) is 5.82 Å². The van der Waals surface area contributed by atoms with Crippen molar-refractivity contribution in [1.82, 2.24) is 14.8 Å². The number of hydrogen-bond acceptors (Lipinski definition) is 5. The number of rotatable bonds is 2. The van der Waals surface area contributed by atoms with E-state index in [9.17, 15) is 5.11 Å². The minimum Gasteiger partial charge on any atom is -0.383 e. The fourth-order valence-electron chi connectivity index (χ4n) is 1.23. The number of hydrogen-bond donors (Lipinski definition) is 2. The molecule has 1 aromatic rings. The van der Waals surface area contributed by atoms with Gasteiger partial charge < -0.3 is 15.6 Å². The molecular formula is C7H12N4O2. The van der Waals surface area contributed by atoms with Crippen molar-refractivity contribution in [2.75, 3.05) is 13.2 Å². The highest BCUT2D eigenvalue weighted by molar-refractivity contribution is 5.05. The number of ether oxygens (including phenoxy) is 1. The Labute approximate surface area is 75.3 Å². The molecule has 1 atom stereocenters. The van der Waals surface area contributed by atoms with E-state index < -0.39 is 11.6 Å². The zero-order valence-corrected chi connectivity index (χ0v) is 7.34. The highest BCUT2D eigenvalue weighted by Gasteiger charge is 2.44. The molecule has 0 aromatic carbocycles. The van der Waals surface area contributed by atoms with Gasteiger partial charge >= 0.3 is 0 Å². The normalized spacial score (nSPS) is 22.4. The molecule has 0 saturated carbocycles. The summed E-state index contributed by atoms with van der Waals surface area (Å²) in [6.45, 7) is 0.513. The van der Waals surface area contributed by atoms with Gasteiger partial charge in [-0.3, -0.25) is 4.68 Å². The Morgan fingerprint density at radius 1 is 1.77 bits per heavy atom. The topological polar surface area (TPSA) is 86.2 Å². The second-order valence-corrected chi connectivity index (χ2v) is 3.35. The summed E-state index contributed by atoms with van der Waals surface area (Å²) in [6.07, 6.45) is 1.55. The van der Waals surface area contributed by atoms with Crippen LogP contribution in [0, 0.1) is 0 Å². The lowest BCUT2D eigenvalue weighted by atomic mass is 9.92. The molecule has 1 aliphatic heterocycles. The Kier molecular flexibility index (Phi) is 1.83. The molecule has 72 valence electrons. The van der Waals surface area contributed by atoms with Crippen molar-refractivity contribution in [3.05, 3.63) is 12.2 Å². The molecule has 13 heavy (non-hydrogen) atoms. The quantitative estimate of drug-likeness (QED) is 0.589. The summed E-state index contributed by atoms with van der Waals surface area (Å²) in [6, 6.07) is -0.567. The average molecular weight is 184 g/mol. The molecule has 6 heteroatoms. The van der Waals surface area contributed by atoms with Gasteiger partial charge in [-0.2, -0.15) is 5.10 Å². The number of aliphatic hydroxyl groups is 1. The van der Waals surface area contributed by atoms with Crippen LogP contribution in [0.1, 0.15) is 11.9 Å². The first-order valence-electron chi connectivity index (χ1n) is 4.03. The summed E-state index contributed by atoms with van der Waals surface area (Å²) in [5, 5.41) is 13.8.